The van der Waals surface area contributed by atoms with Gasteiger partial charge in [-0.25, -0.2) is 0 Å². The van der Waals surface area contributed by atoms with Crippen molar-refractivity contribution in [3.05, 3.63) is 77.5 Å². The number of nitrogens with zero attached hydrogens (tertiary/aromatic N) is 3. The highest BCUT2D eigenvalue weighted by molar-refractivity contribution is 5.94. The van der Waals surface area contributed by atoms with Crippen LogP contribution in [0.5, 0.6) is 0 Å². The Balaban J connectivity index is 1.24. The zero-order valence-electron chi connectivity index (χ0n) is 21.7. The summed E-state index contributed by atoms with van der Waals surface area (Å²) in [5.74, 6) is 0.0203. The molecule has 5 heteroatoms. The third-order valence-corrected chi connectivity index (χ3v) is 7.86. The van der Waals surface area contributed by atoms with Crippen LogP contribution in [-0.4, -0.2) is 66.1 Å². The molecular weight excluding hydrogens is 444 g/mol. The largest absolute Gasteiger partial charge is 0.352 e. The summed E-state index contributed by atoms with van der Waals surface area (Å²) in [5.41, 5.74) is 7.27. The fourth-order valence-corrected chi connectivity index (χ4v) is 5.69. The number of hydrogen-bond donors (Lipinski definition) is 1. The van der Waals surface area contributed by atoms with Crippen molar-refractivity contribution in [3.63, 3.8) is 0 Å². The highest BCUT2D eigenvalue weighted by atomic mass is 16.1. The minimum absolute atomic E-state index is 0.0203. The summed E-state index contributed by atoms with van der Waals surface area (Å²) in [4.78, 5) is 17.8. The predicted molar refractivity (Wildman–Crippen MR) is 148 cm³/mol. The number of carbonyl (C=O) groups excluding carboxylic acids is 1. The van der Waals surface area contributed by atoms with Gasteiger partial charge in [0.15, 0.2) is 0 Å². The Bertz CT molecular complexity index is 1130. The minimum atomic E-state index is 0.0203. The van der Waals surface area contributed by atoms with Crippen LogP contribution in [0, 0.1) is 0 Å². The Morgan fingerprint density at radius 1 is 0.861 bits per heavy atom. The average Bonchev–Trinajstić information content (AvgIpc) is 3.14. The number of fused-ring (bicyclic) bond motifs is 1. The van der Waals surface area contributed by atoms with E-state index in [0.717, 1.165) is 76.3 Å². The number of aromatic nitrogens is 1. The Morgan fingerprint density at radius 2 is 1.58 bits per heavy atom. The maximum absolute atomic E-state index is 12.8. The van der Waals surface area contributed by atoms with E-state index < -0.39 is 0 Å². The molecule has 0 saturated carbocycles. The lowest BCUT2D eigenvalue weighted by molar-refractivity contribution is 0.0948. The molecule has 0 atom stereocenters. The van der Waals surface area contributed by atoms with Gasteiger partial charge >= 0.3 is 0 Å². The first-order valence-electron chi connectivity index (χ1n) is 13.8. The van der Waals surface area contributed by atoms with Crippen molar-refractivity contribution in [3.8, 4) is 16.9 Å². The van der Waals surface area contributed by atoms with E-state index in [-0.39, 0.29) is 5.91 Å². The average molecular weight is 485 g/mol. The van der Waals surface area contributed by atoms with Gasteiger partial charge in [0.25, 0.3) is 5.91 Å². The van der Waals surface area contributed by atoms with Gasteiger partial charge in [-0.3, -0.25) is 4.79 Å². The van der Waals surface area contributed by atoms with Gasteiger partial charge in [0.1, 0.15) is 0 Å². The molecule has 1 saturated heterocycles. The Morgan fingerprint density at radius 3 is 2.33 bits per heavy atom. The molecule has 3 aromatic rings. The SMILES string of the molecule is CCN1CCN(CCCNC(=O)c2ccc(-n3c(-c4ccccc4)cc4c3CCCCC4)cc2)CC1. The molecule has 190 valence electrons. The van der Waals surface area contributed by atoms with Crippen molar-refractivity contribution in [1.82, 2.24) is 19.7 Å². The van der Waals surface area contributed by atoms with E-state index in [1.807, 2.05) is 12.1 Å². The normalized spacial score (nSPS) is 16.9. The molecule has 0 bridgehead atoms. The van der Waals surface area contributed by atoms with Crippen molar-refractivity contribution in [2.24, 2.45) is 0 Å². The van der Waals surface area contributed by atoms with E-state index in [0.29, 0.717) is 0 Å². The standard InChI is InChI=1S/C31H40N4O/c1-2-33-20-22-34(23-21-33)19-9-18-32-31(36)26-14-16-28(17-15-26)35-29-13-8-4-7-12-27(29)24-30(35)25-10-5-3-6-11-25/h3,5-6,10-11,14-17,24H,2,4,7-9,12-13,18-23H2,1H3,(H,32,36). The summed E-state index contributed by atoms with van der Waals surface area (Å²) in [5, 5.41) is 3.13. The van der Waals surface area contributed by atoms with Gasteiger partial charge < -0.3 is 19.7 Å². The first-order chi connectivity index (χ1) is 17.7. The fraction of sp³-hybridized carbons (Fsp3) is 0.452. The lowest BCUT2D eigenvalue weighted by Gasteiger charge is -2.33. The lowest BCUT2D eigenvalue weighted by Crippen LogP contribution is -2.46. The molecule has 2 heterocycles. The second-order valence-corrected chi connectivity index (χ2v) is 10.2. The summed E-state index contributed by atoms with van der Waals surface area (Å²) in [6, 6.07) is 21.2. The predicted octanol–water partition coefficient (Wildman–Crippen LogP) is 5.17. The van der Waals surface area contributed by atoms with E-state index in [4.69, 9.17) is 0 Å². The molecule has 1 N–H and O–H groups in total. The van der Waals surface area contributed by atoms with Crippen molar-refractivity contribution in [2.45, 2.75) is 45.4 Å². The molecule has 1 aliphatic heterocycles. The van der Waals surface area contributed by atoms with Crippen LogP contribution < -0.4 is 5.32 Å². The molecule has 0 spiro atoms. The van der Waals surface area contributed by atoms with Crippen LogP contribution >= 0.6 is 0 Å². The number of benzene rings is 2. The van der Waals surface area contributed by atoms with Crippen molar-refractivity contribution in [1.29, 1.82) is 0 Å². The summed E-state index contributed by atoms with van der Waals surface area (Å²) >= 11 is 0. The van der Waals surface area contributed by atoms with E-state index in [1.54, 1.807) is 0 Å². The molecule has 1 amide bonds. The number of piperazine rings is 1. The van der Waals surface area contributed by atoms with E-state index >= 15 is 0 Å². The molecule has 36 heavy (non-hydrogen) atoms. The van der Waals surface area contributed by atoms with E-state index in [9.17, 15) is 4.79 Å². The second-order valence-electron chi connectivity index (χ2n) is 10.2. The highest BCUT2D eigenvalue weighted by Crippen LogP contribution is 2.33. The second kappa shape index (κ2) is 11.9. The highest BCUT2D eigenvalue weighted by Gasteiger charge is 2.20. The third kappa shape index (κ3) is 5.74. The van der Waals surface area contributed by atoms with E-state index in [2.05, 4.69) is 75.1 Å². The fourth-order valence-electron chi connectivity index (χ4n) is 5.69. The van der Waals surface area contributed by atoms with Gasteiger partial charge in [0, 0.05) is 49.7 Å². The topological polar surface area (TPSA) is 40.5 Å². The van der Waals surface area contributed by atoms with Gasteiger partial charge in [-0.05, 0) is 86.7 Å². The van der Waals surface area contributed by atoms with Crippen molar-refractivity contribution >= 4 is 5.91 Å². The quantitative estimate of drug-likeness (QED) is 0.354. The van der Waals surface area contributed by atoms with E-state index in [1.165, 1.54) is 41.8 Å². The molecule has 2 aromatic carbocycles. The van der Waals surface area contributed by atoms with Crippen LogP contribution in [0.1, 0.15) is 54.2 Å². The molecule has 1 fully saturated rings. The van der Waals surface area contributed by atoms with Crippen molar-refractivity contribution in [2.75, 3.05) is 45.8 Å². The Labute approximate surface area is 216 Å². The maximum Gasteiger partial charge on any atom is 0.251 e. The summed E-state index contributed by atoms with van der Waals surface area (Å²) in [7, 11) is 0. The minimum Gasteiger partial charge on any atom is -0.352 e. The maximum atomic E-state index is 12.8. The zero-order chi connectivity index (χ0) is 24.7. The van der Waals surface area contributed by atoms with Gasteiger partial charge in [-0.15, -0.1) is 0 Å². The Hall–Kier alpha value is -2.89. The number of likely N-dealkylation sites (N-methyl/N-ethyl adjacent to an activating group) is 1. The number of amides is 1. The number of carbonyl (C=O) groups is 1. The molecule has 0 radical (unpaired) electrons. The van der Waals surface area contributed by atoms with Crippen LogP contribution in [0.2, 0.25) is 0 Å². The van der Waals surface area contributed by atoms with Gasteiger partial charge in [0.2, 0.25) is 0 Å². The van der Waals surface area contributed by atoms with Crippen LogP contribution in [0.3, 0.4) is 0 Å². The number of aryl methyl sites for hydroxylation is 1. The molecule has 1 aliphatic carbocycles. The van der Waals surface area contributed by atoms with Gasteiger partial charge in [0.05, 0.1) is 5.69 Å². The van der Waals surface area contributed by atoms with Crippen LogP contribution in [0.4, 0.5) is 0 Å². The van der Waals surface area contributed by atoms with Crippen LogP contribution in [0.15, 0.2) is 60.7 Å². The monoisotopic (exact) mass is 484 g/mol. The number of rotatable bonds is 8. The summed E-state index contributed by atoms with van der Waals surface area (Å²) in [6.45, 7) is 9.73. The molecule has 1 aromatic heterocycles. The van der Waals surface area contributed by atoms with Crippen LogP contribution in [0.25, 0.3) is 16.9 Å². The molecular formula is C31H40N4O. The third-order valence-electron chi connectivity index (χ3n) is 7.86. The number of nitrogens with one attached hydrogen (secondary N) is 1. The number of hydrogen-bond acceptors (Lipinski definition) is 3. The first-order valence-corrected chi connectivity index (χ1v) is 13.8. The summed E-state index contributed by atoms with van der Waals surface area (Å²) in [6.07, 6.45) is 7.05. The van der Waals surface area contributed by atoms with Gasteiger partial charge in [-0.2, -0.15) is 0 Å². The molecule has 2 aliphatic rings. The molecule has 0 unspecified atom stereocenters. The smallest absolute Gasteiger partial charge is 0.251 e. The van der Waals surface area contributed by atoms with Gasteiger partial charge in [-0.1, -0.05) is 43.7 Å². The Kier molecular flexibility index (Phi) is 8.19. The van der Waals surface area contributed by atoms with Crippen molar-refractivity contribution < 1.29 is 4.79 Å². The first kappa shape index (κ1) is 24.8. The lowest BCUT2D eigenvalue weighted by atomic mass is 10.1. The molecule has 5 rings (SSSR count). The zero-order valence-corrected chi connectivity index (χ0v) is 21.7. The molecule has 5 nitrogen and oxygen atoms in total. The van der Waals surface area contributed by atoms with Crippen LogP contribution in [-0.2, 0) is 12.8 Å². The summed E-state index contributed by atoms with van der Waals surface area (Å²) < 4.78 is 2.43.